The molecule has 7 heteroatoms. The summed E-state index contributed by atoms with van der Waals surface area (Å²) in [7, 11) is 0. The molecule has 1 amide bonds. The second-order valence-corrected chi connectivity index (χ2v) is 7.92. The van der Waals surface area contributed by atoms with E-state index in [-0.39, 0.29) is 11.3 Å². The molecule has 0 aromatic carbocycles. The molecule has 1 aliphatic heterocycles. The van der Waals surface area contributed by atoms with Gasteiger partial charge in [0.25, 0.3) is 0 Å². The van der Waals surface area contributed by atoms with Gasteiger partial charge in [0.1, 0.15) is 0 Å². The molecule has 3 rings (SSSR count). The SMILES string of the molecule is Cc1cc([C@H]2CCCN(CC(=O)Nc3cc(C(C)(C)C)no3)C2)n[nH]1. The van der Waals surface area contributed by atoms with Crippen LogP contribution in [0.15, 0.2) is 16.7 Å². The molecule has 1 fully saturated rings. The summed E-state index contributed by atoms with van der Waals surface area (Å²) in [4.78, 5) is 14.5. The minimum absolute atomic E-state index is 0.0736. The monoisotopic (exact) mass is 345 g/mol. The molecule has 7 nitrogen and oxygen atoms in total. The lowest BCUT2D eigenvalue weighted by atomic mass is 9.92. The van der Waals surface area contributed by atoms with Gasteiger partial charge in [-0.1, -0.05) is 25.9 Å². The van der Waals surface area contributed by atoms with E-state index in [1.165, 1.54) is 0 Å². The van der Waals surface area contributed by atoms with Crippen LogP contribution in [-0.4, -0.2) is 45.8 Å². The number of nitrogens with one attached hydrogen (secondary N) is 2. The van der Waals surface area contributed by atoms with Crippen LogP contribution in [0.25, 0.3) is 0 Å². The zero-order valence-corrected chi connectivity index (χ0v) is 15.4. The Labute approximate surface area is 148 Å². The fourth-order valence-electron chi connectivity index (χ4n) is 3.16. The Balaban J connectivity index is 1.54. The van der Waals surface area contributed by atoms with Gasteiger partial charge in [0.05, 0.1) is 17.9 Å². The normalized spacial score (nSPS) is 19.1. The second kappa shape index (κ2) is 7.00. The maximum atomic E-state index is 12.3. The number of anilines is 1. The molecule has 1 atom stereocenters. The summed E-state index contributed by atoms with van der Waals surface area (Å²) >= 11 is 0. The molecule has 0 radical (unpaired) electrons. The molecule has 0 aliphatic carbocycles. The van der Waals surface area contributed by atoms with Crippen molar-refractivity contribution < 1.29 is 9.32 Å². The molecular formula is C18H27N5O2. The molecule has 136 valence electrons. The van der Waals surface area contributed by atoms with Gasteiger partial charge in [-0.05, 0) is 32.4 Å². The number of hydrogen-bond acceptors (Lipinski definition) is 5. The zero-order chi connectivity index (χ0) is 18.0. The summed E-state index contributed by atoms with van der Waals surface area (Å²) in [6, 6.07) is 3.89. The van der Waals surface area contributed by atoms with Crippen LogP contribution in [0.4, 0.5) is 5.88 Å². The van der Waals surface area contributed by atoms with E-state index in [1.54, 1.807) is 6.07 Å². The first-order valence-electron chi connectivity index (χ1n) is 8.82. The first-order chi connectivity index (χ1) is 11.8. The first-order valence-corrected chi connectivity index (χ1v) is 8.82. The van der Waals surface area contributed by atoms with Crippen molar-refractivity contribution in [3.8, 4) is 0 Å². The predicted molar refractivity (Wildman–Crippen MR) is 95.6 cm³/mol. The first kappa shape index (κ1) is 17.7. The van der Waals surface area contributed by atoms with Gasteiger partial charge in [0, 0.05) is 29.6 Å². The van der Waals surface area contributed by atoms with Gasteiger partial charge >= 0.3 is 0 Å². The Bertz CT molecular complexity index is 728. The van der Waals surface area contributed by atoms with Crippen molar-refractivity contribution in [2.45, 2.75) is 51.9 Å². The lowest BCUT2D eigenvalue weighted by molar-refractivity contribution is -0.117. The van der Waals surface area contributed by atoms with Crippen molar-refractivity contribution in [1.82, 2.24) is 20.3 Å². The maximum Gasteiger partial charge on any atom is 0.240 e. The van der Waals surface area contributed by atoms with Crippen molar-refractivity contribution in [2.24, 2.45) is 0 Å². The molecular weight excluding hydrogens is 318 g/mol. The van der Waals surface area contributed by atoms with E-state index in [1.807, 2.05) is 6.92 Å². The van der Waals surface area contributed by atoms with E-state index in [0.29, 0.717) is 18.3 Å². The minimum Gasteiger partial charge on any atom is -0.338 e. The minimum atomic E-state index is -0.103. The van der Waals surface area contributed by atoms with Crippen LogP contribution >= 0.6 is 0 Å². The Morgan fingerprint density at radius 2 is 2.24 bits per heavy atom. The van der Waals surface area contributed by atoms with Crippen LogP contribution in [0.1, 0.15) is 56.6 Å². The standard InChI is InChI=1S/C18H27N5O2/c1-12-8-14(21-20-12)13-6-5-7-23(10-13)11-16(24)19-17-9-15(22-25-17)18(2,3)4/h8-9,13H,5-7,10-11H2,1-4H3,(H,19,24)(H,20,21)/t13-/m0/s1. The van der Waals surface area contributed by atoms with Crippen LogP contribution in [0.5, 0.6) is 0 Å². The maximum absolute atomic E-state index is 12.3. The van der Waals surface area contributed by atoms with Crippen LogP contribution in [0, 0.1) is 6.92 Å². The molecule has 2 N–H and O–H groups in total. The van der Waals surface area contributed by atoms with Gasteiger partial charge in [-0.2, -0.15) is 5.10 Å². The highest BCUT2D eigenvalue weighted by Gasteiger charge is 2.25. The second-order valence-electron chi connectivity index (χ2n) is 7.92. The number of amides is 1. The van der Waals surface area contributed by atoms with Crippen molar-refractivity contribution >= 4 is 11.8 Å². The average molecular weight is 345 g/mol. The van der Waals surface area contributed by atoms with Gasteiger partial charge in [0.2, 0.25) is 11.8 Å². The van der Waals surface area contributed by atoms with Crippen molar-refractivity contribution in [1.29, 1.82) is 0 Å². The third-order valence-corrected chi connectivity index (χ3v) is 4.56. The molecule has 1 aliphatic rings. The highest BCUT2D eigenvalue weighted by atomic mass is 16.5. The Morgan fingerprint density at radius 3 is 2.88 bits per heavy atom. The van der Waals surface area contributed by atoms with Crippen molar-refractivity contribution in [2.75, 3.05) is 25.0 Å². The largest absolute Gasteiger partial charge is 0.338 e. The summed E-state index contributed by atoms with van der Waals surface area (Å²) < 4.78 is 5.23. The topological polar surface area (TPSA) is 87.1 Å². The number of carbonyl (C=O) groups is 1. The summed E-state index contributed by atoms with van der Waals surface area (Å²) in [5, 5.41) is 14.2. The van der Waals surface area contributed by atoms with Gasteiger partial charge < -0.3 is 4.52 Å². The highest BCUT2D eigenvalue weighted by molar-refractivity contribution is 5.91. The average Bonchev–Trinajstić information content (AvgIpc) is 3.16. The van der Waals surface area contributed by atoms with Gasteiger partial charge in [-0.15, -0.1) is 0 Å². The Hall–Kier alpha value is -2.15. The smallest absolute Gasteiger partial charge is 0.240 e. The quantitative estimate of drug-likeness (QED) is 0.890. The molecule has 0 saturated carbocycles. The van der Waals surface area contributed by atoms with Gasteiger partial charge in [-0.25, -0.2) is 0 Å². The van der Waals surface area contributed by atoms with E-state index in [9.17, 15) is 4.79 Å². The zero-order valence-electron chi connectivity index (χ0n) is 15.4. The summed E-state index contributed by atoms with van der Waals surface area (Å²) in [6.07, 6.45) is 2.18. The lowest BCUT2D eigenvalue weighted by Gasteiger charge is -2.31. The highest BCUT2D eigenvalue weighted by Crippen LogP contribution is 2.26. The number of nitrogens with zero attached hydrogens (tertiary/aromatic N) is 3. The summed E-state index contributed by atoms with van der Waals surface area (Å²) in [6.45, 7) is 10.3. The van der Waals surface area contributed by atoms with Crippen molar-refractivity contribution in [3.05, 3.63) is 29.2 Å². The third-order valence-electron chi connectivity index (χ3n) is 4.56. The third kappa shape index (κ3) is 4.48. The number of aromatic amines is 1. The lowest BCUT2D eigenvalue weighted by Crippen LogP contribution is -2.39. The van der Waals surface area contributed by atoms with Crippen LogP contribution in [-0.2, 0) is 10.2 Å². The van der Waals surface area contributed by atoms with E-state index in [2.05, 4.69) is 52.4 Å². The van der Waals surface area contributed by atoms with E-state index in [0.717, 1.165) is 43.0 Å². The molecule has 0 spiro atoms. The fraction of sp³-hybridized carbons (Fsp3) is 0.611. The molecule has 2 aromatic heterocycles. The molecule has 3 heterocycles. The number of H-pyrrole nitrogens is 1. The number of piperidine rings is 1. The van der Waals surface area contributed by atoms with E-state index >= 15 is 0 Å². The van der Waals surface area contributed by atoms with Crippen LogP contribution in [0.2, 0.25) is 0 Å². The van der Waals surface area contributed by atoms with Crippen molar-refractivity contribution in [3.63, 3.8) is 0 Å². The predicted octanol–water partition coefficient (Wildman–Crippen LogP) is 2.82. The van der Waals surface area contributed by atoms with E-state index < -0.39 is 0 Å². The molecule has 1 saturated heterocycles. The number of hydrogen-bond donors (Lipinski definition) is 2. The number of aromatic nitrogens is 3. The van der Waals surface area contributed by atoms with Crippen LogP contribution < -0.4 is 5.32 Å². The number of likely N-dealkylation sites (tertiary alicyclic amines) is 1. The summed E-state index contributed by atoms with van der Waals surface area (Å²) in [5.41, 5.74) is 2.89. The number of carbonyl (C=O) groups excluding carboxylic acids is 1. The van der Waals surface area contributed by atoms with E-state index in [4.69, 9.17) is 4.52 Å². The Kier molecular flexibility index (Phi) is 4.94. The Morgan fingerprint density at radius 1 is 1.44 bits per heavy atom. The molecule has 0 bridgehead atoms. The van der Waals surface area contributed by atoms with Gasteiger partial charge in [-0.3, -0.25) is 20.1 Å². The molecule has 2 aromatic rings. The summed E-state index contributed by atoms with van der Waals surface area (Å²) in [5.74, 6) is 0.714. The van der Waals surface area contributed by atoms with Crippen LogP contribution in [0.3, 0.4) is 0 Å². The molecule has 25 heavy (non-hydrogen) atoms. The molecule has 0 unspecified atom stereocenters. The fourth-order valence-corrected chi connectivity index (χ4v) is 3.16. The number of aryl methyl sites for hydroxylation is 1. The number of rotatable bonds is 4. The van der Waals surface area contributed by atoms with Gasteiger partial charge in [0.15, 0.2) is 0 Å².